The summed E-state index contributed by atoms with van der Waals surface area (Å²) in [6, 6.07) is 2.47. The number of alkyl halides is 1. The molecule has 4 rings (SSSR count). The first-order chi connectivity index (χ1) is 25.2. The van der Waals surface area contributed by atoms with E-state index in [-0.39, 0.29) is 37.2 Å². The standard InChI is InChI=1S/C40H57FN4O9/c1-11-30-40(8)33(44-37(50)54-40)24(4)31(46)23(3)18-38(6,51-14-12-13-26-17-27(19-42)21-43-20-26)35(25(5)34(48)39(7,41)36(49)53-30)52-29-16-22(2)15-28(32(29)47)45(9)10/h12-13,17,20-25,28-30,32-33,35,47H,11,14-16,18H2,1-10H3,(H,44,50)/b13-12+/t22-,23-,24+,25+,28+,29-,30-,32-,33-,35-,38+,39?,40-/m1/s1. The number of amides is 1. The van der Waals surface area contributed by atoms with E-state index in [0.717, 1.165) is 6.92 Å². The average Bonchev–Trinajstić information content (AvgIpc) is 3.44. The topological polar surface area (TPSA) is 177 Å². The van der Waals surface area contributed by atoms with E-state index in [9.17, 15) is 29.5 Å². The monoisotopic (exact) mass is 756 g/mol. The lowest BCUT2D eigenvalue weighted by atomic mass is 9.73. The van der Waals surface area contributed by atoms with Gasteiger partial charge in [-0.15, -0.1) is 0 Å². The fraction of sp³-hybridized carbons (Fsp3) is 0.700. The molecule has 1 saturated carbocycles. The molecule has 1 aliphatic carbocycles. The summed E-state index contributed by atoms with van der Waals surface area (Å²) in [5.74, 6) is -5.69. The molecule has 0 radical (unpaired) electrons. The number of nitrogens with zero attached hydrogens (tertiary/aromatic N) is 3. The first kappa shape index (κ1) is 43.0. The van der Waals surface area contributed by atoms with Crippen LogP contribution in [0, 0.1) is 35.0 Å². The number of alkyl carbamates (subject to hydrolysis) is 1. The molecule has 0 aromatic carbocycles. The number of esters is 1. The number of likely N-dealkylation sites (N-methyl/N-ethyl adjacent to an activating group) is 1. The third-order valence-corrected chi connectivity index (χ3v) is 11.7. The van der Waals surface area contributed by atoms with Crippen molar-refractivity contribution in [3.8, 4) is 6.07 Å². The van der Waals surface area contributed by atoms with Crippen molar-refractivity contribution in [1.82, 2.24) is 15.2 Å². The Morgan fingerprint density at radius 1 is 1.11 bits per heavy atom. The molecule has 13 nitrogen and oxygen atoms in total. The highest BCUT2D eigenvalue weighted by atomic mass is 19.1. The Morgan fingerprint density at radius 3 is 2.43 bits per heavy atom. The molecule has 54 heavy (non-hydrogen) atoms. The van der Waals surface area contributed by atoms with Crippen LogP contribution in [0.5, 0.6) is 0 Å². The fourth-order valence-electron chi connectivity index (χ4n) is 8.64. The zero-order valence-corrected chi connectivity index (χ0v) is 33.1. The number of hydrogen-bond donors (Lipinski definition) is 2. The highest BCUT2D eigenvalue weighted by molar-refractivity contribution is 6.08. The number of ketones is 2. The normalized spacial score (nSPS) is 39.7. The summed E-state index contributed by atoms with van der Waals surface area (Å²) in [5, 5.41) is 23.6. The van der Waals surface area contributed by atoms with Gasteiger partial charge in [0.15, 0.2) is 11.4 Å². The highest BCUT2D eigenvalue weighted by Crippen LogP contribution is 2.42. The number of hydrogen-bond acceptors (Lipinski definition) is 12. The Bertz CT molecular complexity index is 1630. The third kappa shape index (κ3) is 8.85. The third-order valence-electron chi connectivity index (χ3n) is 11.7. The van der Waals surface area contributed by atoms with E-state index < -0.39 is 82.9 Å². The number of fused-ring (bicyclic) bond motifs is 1. The molecule has 2 saturated heterocycles. The van der Waals surface area contributed by atoms with Gasteiger partial charge in [0, 0.05) is 36.2 Å². The van der Waals surface area contributed by atoms with Gasteiger partial charge in [-0.3, -0.25) is 14.6 Å². The van der Waals surface area contributed by atoms with Gasteiger partial charge in [-0.25, -0.2) is 14.0 Å². The van der Waals surface area contributed by atoms with E-state index >= 15 is 4.39 Å². The summed E-state index contributed by atoms with van der Waals surface area (Å²) in [6.07, 6.45) is 2.54. The summed E-state index contributed by atoms with van der Waals surface area (Å²) in [6.45, 7) is 12.5. The van der Waals surface area contributed by atoms with E-state index in [1.165, 1.54) is 20.0 Å². The Morgan fingerprint density at radius 2 is 1.80 bits per heavy atom. The lowest BCUT2D eigenvalue weighted by molar-refractivity contribution is -0.212. The molecular weight excluding hydrogens is 699 g/mol. The molecule has 14 heteroatoms. The molecule has 3 aliphatic rings. The molecule has 1 unspecified atom stereocenters. The minimum absolute atomic E-state index is 0.0177. The number of carbonyl (C=O) groups is 4. The van der Waals surface area contributed by atoms with E-state index in [1.54, 1.807) is 52.1 Å². The lowest BCUT2D eigenvalue weighted by Gasteiger charge is -2.47. The van der Waals surface area contributed by atoms with Gasteiger partial charge in [0.05, 0.1) is 42.1 Å². The minimum atomic E-state index is -3.17. The quantitative estimate of drug-likeness (QED) is 0.279. The Kier molecular flexibility index (Phi) is 13.5. The van der Waals surface area contributed by atoms with Crippen molar-refractivity contribution in [1.29, 1.82) is 5.26 Å². The Balaban J connectivity index is 1.84. The van der Waals surface area contributed by atoms with E-state index in [0.29, 0.717) is 24.0 Å². The molecular formula is C40H57FN4O9. The SMILES string of the molecule is CC[C@H]1OC(=O)C(C)(F)C(=O)[C@H](C)[C@@H](O[C@@H]2C[C@H](C)C[C@H](N(C)C)[C@H]2O)[C@@](C)(OC/C=C/c2cncc(C#N)c2)C[C@@H](C)C(=O)[C@H](C)[C@H]2NC(=O)O[C@@]21C. The van der Waals surface area contributed by atoms with E-state index in [2.05, 4.69) is 10.3 Å². The molecule has 3 heterocycles. The van der Waals surface area contributed by atoms with Crippen molar-refractivity contribution in [2.45, 2.75) is 134 Å². The van der Waals surface area contributed by atoms with Gasteiger partial charge in [0.25, 0.3) is 5.67 Å². The zero-order valence-electron chi connectivity index (χ0n) is 33.1. The van der Waals surface area contributed by atoms with Gasteiger partial charge in [-0.05, 0) is 78.1 Å². The number of ether oxygens (including phenoxy) is 4. The molecule has 298 valence electrons. The van der Waals surface area contributed by atoms with Crippen LogP contribution in [0.4, 0.5) is 9.18 Å². The molecule has 1 aromatic heterocycles. The van der Waals surface area contributed by atoms with Crippen LogP contribution in [0.1, 0.15) is 92.2 Å². The van der Waals surface area contributed by atoms with Crippen LogP contribution < -0.4 is 5.32 Å². The molecule has 3 fully saturated rings. The van der Waals surface area contributed by atoms with E-state index in [1.807, 2.05) is 32.0 Å². The molecule has 13 atom stereocenters. The fourth-order valence-corrected chi connectivity index (χ4v) is 8.64. The number of cyclic esters (lactones) is 1. The van der Waals surface area contributed by atoms with Crippen LogP contribution in [-0.4, -0.2) is 113 Å². The van der Waals surface area contributed by atoms with Gasteiger partial charge in [-0.2, -0.15) is 5.26 Å². The van der Waals surface area contributed by atoms with Gasteiger partial charge in [0.1, 0.15) is 18.0 Å². The second kappa shape index (κ2) is 16.9. The number of nitrogens with one attached hydrogen (secondary N) is 1. The summed E-state index contributed by atoms with van der Waals surface area (Å²) in [5.41, 5.74) is -5.22. The number of rotatable bonds is 8. The Labute approximate surface area is 317 Å². The molecule has 0 bridgehead atoms. The summed E-state index contributed by atoms with van der Waals surface area (Å²) in [4.78, 5) is 61.1. The van der Waals surface area contributed by atoms with Crippen molar-refractivity contribution in [2.75, 3.05) is 20.7 Å². The summed E-state index contributed by atoms with van der Waals surface area (Å²) < 4.78 is 41.5. The van der Waals surface area contributed by atoms with Crippen molar-refractivity contribution >= 4 is 29.7 Å². The molecule has 2 N–H and O–H groups in total. The van der Waals surface area contributed by atoms with Gasteiger partial charge < -0.3 is 34.3 Å². The number of halogens is 1. The molecule has 1 aromatic rings. The summed E-state index contributed by atoms with van der Waals surface area (Å²) in [7, 11) is 3.72. The molecule has 0 spiro atoms. The smallest absolute Gasteiger partial charge is 0.408 e. The van der Waals surface area contributed by atoms with Crippen molar-refractivity contribution in [3.63, 3.8) is 0 Å². The molecule has 2 aliphatic heterocycles. The number of aliphatic hydroxyl groups is 1. The maximum Gasteiger partial charge on any atom is 0.408 e. The second-order valence-electron chi connectivity index (χ2n) is 16.3. The van der Waals surface area contributed by atoms with Crippen LogP contribution in [-0.2, 0) is 33.3 Å². The number of aromatic nitrogens is 1. The second-order valence-corrected chi connectivity index (χ2v) is 16.3. The van der Waals surface area contributed by atoms with Crippen LogP contribution in [0.2, 0.25) is 0 Å². The number of nitriles is 1. The largest absolute Gasteiger partial charge is 0.455 e. The zero-order chi connectivity index (χ0) is 40.3. The van der Waals surface area contributed by atoms with Gasteiger partial charge in [-0.1, -0.05) is 46.8 Å². The minimum Gasteiger partial charge on any atom is -0.455 e. The number of pyridine rings is 1. The van der Waals surface area contributed by atoms with Crippen LogP contribution in [0.3, 0.4) is 0 Å². The van der Waals surface area contributed by atoms with Crippen LogP contribution in [0.25, 0.3) is 6.08 Å². The van der Waals surface area contributed by atoms with Crippen molar-refractivity contribution in [2.24, 2.45) is 23.7 Å². The van der Waals surface area contributed by atoms with Crippen molar-refractivity contribution < 1.29 is 47.6 Å². The Hall–Kier alpha value is -3.77. The van der Waals surface area contributed by atoms with Crippen molar-refractivity contribution in [3.05, 3.63) is 35.7 Å². The van der Waals surface area contributed by atoms with Crippen LogP contribution >= 0.6 is 0 Å². The maximum atomic E-state index is 16.8. The predicted octanol–water partition coefficient (Wildman–Crippen LogP) is 4.58. The first-order valence-corrected chi connectivity index (χ1v) is 18.8. The number of carbonyl (C=O) groups excluding carboxylic acids is 4. The number of Topliss-reactive ketones (excluding diaryl/α,β-unsaturated/α-hetero) is 2. The average molecular weight is 757 g/mol. The highest BCUT2D eigenvalue weighted by Gasteiger charge is 2.59. The molecule has 1 amide bonds. The van der Waals surface area contributed by atoms with Gasteiger partial charge >= 0.3 is 12.1 Å². The maximum absolute atomic E-state index is 16.8. The number of aliphatic hydroxyl groups excluding tert-OH is 1. The van der Waals surface area contributed by atoms with Gasteiger partial charge in [0.2, 0.25) is 0 Å². The summed E-state index contributed by atoms with van der Waals surface area (Å²) >= 11 is 0. The van der Waals surface area contributed by atoms with E-state index in [4.69, 9.17) is 18.9 Å². The lowest BCUT2D eigenvalue weighted by Crippen LogP contribution is -2.61. The van der Waals surface area contributed by atoms with Crippen LogP contribution in [0.15, 0.2) is 24.5 Å². The predicted molar refractivity (Wildman–Crippen MR) is 197 cm³/mol. The first-order valence-electron chi connectivity index (χ1n) is 18.8.